The fourth-order valence-corrected chi connectivity index (χ4v) is 2.22. The van der Waals surface area contributed by atoms with Crippen LogP contribution >= 0.6 is 11.3 Å². The number of carbonyl (C=O) groups is 1. The molecule has 2 rings (SSSR count). The number of nitrogens with one attached hydrogen (secondary N) is 1. The van der Waals surface area contributed by atoms with E-state index in [0.29, 0.717) is 11.6 Å². The third-order valence-corrected chi connectivity index (χ3v) is 3.25. The summed E-state index contributed by atoms with van der Waals surface area (Å²) in [7, 11) is 3.88. The minimum Gasteiger partial charge on any atom is -0.309 e. The topological polar surface area (TPSA) is 58.1 Å². The molecule has 0 aromatic carbocycles. The molecule has 0 saturated heterocycles. The van der Waals surface area contributed by atoms with Crippen molar-refractivity contribution in [3.8, 4) is 11.3 Å². The van der Waals surface area contributed by atoms with E-state index in [-0.39, 0.29) is 5.91 Å². The van der Waals surface area contributed by atoms with Crippen LogP contribution in [0.2, 0.25) is 0 Å². The first-order valence-electron chi connectivity index (χ1n) is 5.95. The fourth-order valence-electron chi connectivity index (χ4n) is 1.48. The summed E-state index contributed by atoms with van der Waals surface area (Å²) in [6, 6.07) is 3.81. The van der Waals surface area contributed by atoms with Crippen LogP contribution < -0.4 is 5.32 Å². The highest BCUT2D eigenvalue weighted by Gasteiger charge is 2.08. The zero-order valence-corrected chi connectivity index (χ0v) is 11.8. The molecule has 1 N–H and O–H groups in total. The van der Waals surface area contributed by atoms with Crippen molar-refractivity contribution in [3.63, 3.8) is 0 Å². The first-order chi connectivity index (χ1) is 9.15. The number of thiazole rings is 1. The van der Waals surface area contributed by atoms with Gasteiger partial charge in [-0.3, -0.25) is 9.78 Å². The van der Waals surface area contributed by atoms with E-state index in [9.17, 15) is 4.79 Å². The van der Waals surface area contributed by atoms with E-state index in [1.165, 1.54) is 11.3 Å². The van der Waals surface area contributed by atoms with Gasteiger partial charge in [-0.15, -0.1) is 11.3 Å². The van der Waals surface area contributed by atoms with Crippen molar-refractivity contribution in [3.05, 3.63) is 29.9 Å². The van der Waals surface area contributed by atoms with Crippen LogP contribution in [0.5, 0.6) is 0 Å². The van der Waals surface area contributed by atoms with Crippen molar-refractivity contribution < 1.29 is 4.79 Å². The Bertz CT molecular complexity index is 539. The van der Waals surface area contributed by atoms with Crippen LogP contribution in [0.4, 0.5) is 5.13 Å². The number of hydrogen-bond donors (Lipinski definition) is 1. The Morgan fingerprint density at radius 2 is 2.32 bits per heavy atom. The Hall–Kier alpha value is -1.79. The first kappa shape index (κ1) is 13.6. The minimum atomic E-state index is -0.0132. The third kappa shape index (κ3) is 4.11. The SMILES string of the molecule is CN(C)CCC(=O)Nc1nc(-c2cccnc2)cs1. The van der Waals surface area contributed by atoms with Gasteiger partial charge < -0.3 is 10.2 Å². The molecule has 0 unspecified atom stereocenters. The lowest BCUT2D eigenvalue weighted by molar-refractivity contribution is -0.116. The molecule has 6 heteroatoms. The first-order valence-corrected chi connectivity index (χ1v) is 6.83. The van der Waals surface area contributed by atoms with Gasteiger partial charge in [0.1, 0.15) is 0 Å². The van der Waals surface area contributed by atoms with Gasteiger partial charge in [-0.05, 0) is 26.2 Å². The maximum Gasteiger partial charge on any atom is 0.227 e. The van der Waals surface area contributed by atoms with Crippen LogP contribution in [0.15, 0.2) is 29.9 Å². The van der Waals surface area contributed by atoms with Gasteiger partial charge in [-0.1, -0.05) is 0 Å². The third-order valence-electron chi connectivity index (χ3n) is 2.49. The second kappa shape index (κ2) is 6.40. The molecule has 0 spiro atoms. The summed E-state index contributed by atoms with van der Waals surface area (Å²) in [5.41, 5.74) is 1.79. The highest BCUT2D eigenvalue weighted by Crippen LogP contribution is 2.23. The highest BCUT2D eigenvalue weighted by molar-refractivity contribution is 7.14. The van der Waals surface area contributed by atoms with E-state index < -0.39 is 0 Å². The van der Waals surface area contributed by atoms with Crippen LogP contribution in [0, 0.1) is 0 Å². The Morgan fingerprint density at radius 3 is 3.00 bits per heavy atom. The van der Waals surface area contributed by atoms with Crippen LogP contribution in [0.3, 0.4) is 0 Å². The number of hydrogen-bond acceptors (Lipinski definition) is 5. The molecule has 0 radical (unpaired) electrons. The number of carbonyl (C=O) groups excluding carboxylic acids is 1. The molecule has 2 aromatic rings. The Balaban J connectivity index is 1.96. The minimum absolute atomic E-state index is 0.0132. The molecule has 5 nitrogen and oxygen atoms in total. The van der Waals surface area contributed by atoms with Gasteiger partial charge >= 0.3 is 0 Å². The summed E-state index contributed by atoms with van der Waals surface area (Å²) in [5.74, 6) is -0.0132. The van der Waals surface area contributed by atoms with Crippen molar-refractivity contribution in [2.45, 2.75) is 6.42 Å². The normalized spacial score (nSPS) is 10.7. The van der Waals surface area contributed by atoms with Gasteiger partial charge in [-0.25, -0.2) is 4.98 Å². The van der Waals surface area contributed by atoms with E-state index >= 15 is 0 Å². The highest BCUT2D eigenvalue weighted by atomic mass is 32.1. The molecule has 100 valence electrons. The van der Waals surface area contributed by atoms with E-state index in [4.69, 9.17) is 0 Å². The number of pyridine rings is 1. The van der Waals surface area contributed by atoms with Crippen LogP contribution in [0.25, 0.3) is 11.3 Å². The van der Waals surface area contributed by atoms with E-state index in [1.54, 1.807) is 12.4 Å². The Kier molecular flexibility index (Phi) is 4.59. The summed E-state index contributed by atoms with van der Waals surface area (Å²) in [4.78, 5) is 22.1. The summed E-state index contributed by atoms with van der Waals surface area (Å²) in [5, 5.41) is 5.35. The van der Waals surface area contributed by atoms with E-state index in [0.717, 1.165) is 17.8 Å². The molecular formula is C13H16N4OS. The van der Waals surface area contributed by atoms with Gasteiger partial charge in [0.25, 0.3) is 0 Å². The lowest BCUT2D eigenvalue weighted by Crippen LogP contribution is -2.20. The molecule has 0 aliphatic rings. The van der Waals surface area contributed by atoms with Crippen LogP contribution in [0.1, 0.15) is 6.42 Å². The molecular weight excluding hydrogens is 260 g/mol. The van der Waals surface area contributed by atoms with E-state index in [2.05, 4.69) is 15.3 Å². The number of amides is 1. The average molecular weight is 276 g/mol. The summed E-state index contributed by atoms with van der Waals surface area (Å²) < 4.78 is 0. The van der Waals surface area contributed by atoms with Gasteiger partial charge in [0.15, 0.2) is 5.13 Å². The molecule has 0 fully saturated rings. The van der Waals surface area contributed by atoms with Gasteiger partial charge in [0.05, 0.1) is 5.69 Å². The van der Waals surface area contributed by atoms with E-state index in [1.807, 2.05) is 36.5 Å². The molecule has 0 aliphatic heterocycles. The zero-order valence-electron chi connectivity index (χ0n) is 11.0. The maximum atomic E-state index is 11.7. The molecule has 0 atom stereocenters. The van der Waals surface area contributed by atoms with Gasteiger partial charge in [0.2, 0.25) is 5.91 Å². The lowest BCUT2D eigenvalue weighted by Gasteiger charge is -2.08. The molecule has 1 amide bonds. The van der Waals surface area contributed by atoms with Crippen molar-refractivity contribution in [1.82, 2.24) is 14.9 Å². The Morgan fingerprint density at radius 1 is 1.47 bits per heavy atom. The molecule has 0 saturated carbocycles. The average Bonchev–Trinajstić information content (AvgIpc) is 2.86. The van der Waals surface area contributed by atoms with Crippen LogP contribution in [-0.4, -0.2) is 41.4 Å². The number of rotatable bonds is 5. The number of aromatic nitrogens is 2. The largest absolute Gasteiger partial charge is 0.309 e. The predicted octanol–water partition coefficient (Wildman–Crippen LogP) is 2.10. The lowest BCUT2D eigenvalue weighted by atomic mass is 10.2. The molecule has 2 aromatic heterocycles. The van der Waals surface area contributed by atoms with Crippen molar-refractivity contribution in [2.24, 2.45) is 0 Å². The fraction of sp³-hybridized carbons (Fsp3) is 0.308. The molecule has 0 aliphatic carbocycles. The quantitative estimate of drug-likeness (QED) is 0.908. The Labute approximate surface area is 116 Å². The predicted molar refractivity (Wildman–Crippen MR) is 77.1 cm³/mol. The maximum absolute atomic E-state index is 11.7. The van der Waals surface area contributed by atoms with Crippen molar-refractivity contribution >= 4 is 22.4 Å². The number of nitrogens with zero attached hydrogens (tertiary/aromatic N) is 3. The van der Waals surface area contributed by atoms with Crippen LogP contribution in [-0.2, 0) is 4.79 Å². The van der Waals surface area contributed by atoms with Crippen molar-refractivity contribution in [1.29, 1.82) is 0 Å². The van der Waals surface area contributed by atoms with Gasteiger partial charge in [0, 0.05) is 36.3 Å². The number of anilines is 1. The molecule has 2 heterocycles. The second-order valence-electron chi connectivity index (χ2n) is 4.38. The monoisotopic (exact) mass is 276 g/mol. The summed E-state index contributed by atoms with van der Waals surface area (Å²) >= 11 is 1.42. The second-order valence-corrected chi connectivity index (χ2v) is 5.24. The van der Waals surface area contributed by atoms with Gasteiger partial charge in [-0.2, -0.15) is 0 Å². The van der Waals surface area contributed by atoms with Crippen molar-refractivity contribution in [2.75, 3.05) is 26.0 Å². The standard InChI is InChI=1S/C13H16N4OS/c1-17(2)7-5-12(18)16-13-15-11(9-19-13)10-4-3-6-14-8-10/h3-4,6,8-9H,5,7H2,1-2H3,(H,15,16,18). The molecule has 0 bridgehead atoms. The molecule has 19 heavy (non-hydrogen) atoms. The smallest absolute Gasteiger partial charge is 0.227 e. The summed E-state index contributed by atoms with van der Waals surface area (Å²) in [6.45, 7) is 0.729. The zero-order chi connectivity index (χ0) is 13.7. The summed E-state index contributed by atoms with van der Waals surface area (Å²) in [6.07, 6.45) is 3.95.